The van der Waals surface area contributed by atoms with Gasteiger partial charge >= 0.3 is 12.1 Å². The van der Waals surface area contributed by atoms with Crippen molar-refractivity contribution in [2.45, 2.75) is 17.5 Å². The van der Waals surface area contributed by atoms with E-state index < -0.39 is 45.6 Å². The number of halogens is 3. The summed E-state index contributed by atoms with van der Waals surface area (Å²) in [4.78, 5) is 10.4. The van der Waals surface area contributed by atoms with Gasteiger partial charge in [0.15, 0.2) is 0 Å². The molecule has 0 bridgehead atoms. The van der Waals surface area contributed by atoms with Crippen LogP contribution in [0.15, 0.2) is 23.1 Å². The molecule has 0 aliphatic rings. The zero-order valence-electron chi connectivity index (χ0n) is 10.9. The summed E-state index contributed by atoms with van der Waals surface area (Å²) >= 11 is 0. The van der Waals surface area contributed by atoms with Gasteiger partial charge in [0.2, 0.25) is 10.0 Å². The van der Waals surface area contributed by atoms with Crippen LogP contribution in [0, 0.1) is 0 Å². The van der Waals surface area contributed by atoms with E-state index in [1.165, 1.54) is 6.07 Å². The molecule has 0 heterocycles. The monoisotopic (exact) mass is 326 g/mol. The Kier molecular flexibility index (Phi) is 4.84. The van der Waals surface area contributed by atoms with E-state index >= 15 is 0 Å². The van der Waals surface area contributed by atoms with E-state index in [0.29, 0.717) is 4.31 Å². The fourth-order valence-electron chi connectivity index (χ4n) is 1.50. The highest BCUT2D eigenvalue weighted by Crippen LogP contribution is 2.25. The average Bonchev–Trinajstić information content (AvgIpc) is 2.34. The maximum Gasteiger partial charge on any atom is 0.390 e. The fourth-order valence-corrected chi connectivity index (χ4v) is 2.89. The maximum absolute atomic E-state index is 12.2. The zero-order valence-corrected chi connectivity index (χ0v) is 11.7. The van der Waals surface area contributed by atoms with Crippen molar-refractivity contribution in [2.75, 3.05) is 19.3 Å². The summed E-state index contributed by atoms with van der Waals surface area (Å²) in [5.41, 5.74) is 4.85. The van der Waals surface area contributed by atoms with Gasteiger partial charge in [-0.25, -0.2) is 17.5 Å². The van der Waals surface area contributed by atoms with Crippen LogP contribution in [0.5, 0.6) is 0 Å². The second-order valence-electron chi connectivity index (χ2n) is 4.25. The minimum Gasteiger partial charge on any atom is -0.478 e. The van der Waals surface area contributed by atoms with Gasteiger partial charge in [0.1, 0.15) is 0 Å². The average molecular weight is 326 g/mol. The highest BCUT2D eigenvalue weighted by atomic mass is 32.2. The molecular weight excluding hydrogens is 313 g/mol. The van der Waals surface area contributed by atoms with E-state index in [4.69, 9.17) is 10.8 Å². The molecule has 0 fully saturated rings. The molecule has 0 aliphatic carbocycles. The van der Waals surface area contributed by atoms with Gasteiger partial charge in [-0.3, -0.25) is 0 Å². The number of carboxylic acid groups (broad SMARTS) is 1. The van der Waals surface area contributed by atoms with Gasteiger partial charge in [-0.05, 0) is 18.2 Å². The third kappa shape index (κ3) is 4.33. The van der Waals surface area contributed by atoms with Crippen molar-refractivity contribution in [3.05, 3.63) is 23.8 Å². The molecule has 118 valence electrons. The molecule has 0 saturated heterocycles. The van der Waals surface area contributed by atoms with E-state index in [-0.39, 0.29) is 5.69 Å². The predicted octanol–water partition coefficient (Wildman–Crippen LogP) is 1.54. The number of hydrogen-bond donors (Lipinski definition) is 2. The summed E-state index contributed by atoms with van der Waals surface area (Å²) in [5.74, 6) is -1.52. The number of aromatic carboxylic acids is 1. The number of benzene rings is 1. The molecule has 0 unspecified atom stereocenters. The zero-order chi connectivity index (χ0) is 16.4. The first-order valence-corrected chi connectivity index (χ1v) is 7.05. The summed E-state index contributed by atoms with van der Waals surface area (Å²) < 4.78 is 61.2. The second-order valence-corrected chi connectivity index (χ2v) is 6.27. The molecule has 21 heavy (non-hydrogen) atoms. The van der Waals surface area contributed by atoms with Crippen LogP contribution >= 0.6 is 0 Å². The lowest BCUT2D eigenvalue weighted by Crippen LogP contribution is -2.31. The van der Waals surface area contributed by atoms with Crippen molar-refractivity contribution in [2.24, 2.45) is 0 Å². The Labute approximate surface area is 119 Å². The molecule has 1 aromatic rings. The van der Waals surface area contributed by atoms with Crippen molar-refractivity contribution in [1.29, 1.82) is 0 Å². The molecule has 10 heteroatoms. The Balaban J connectivity index is 3.18. The first-order valence-electron chi connectivity index (χ1n) is 5.61. The summed E-state index contributed by atoms with van der Waals surface area (Å²) in [5, 5.41) is 8.96. The van der Waals surface area contributed by atoms with Crippen molar-refractivity contribution in [1.82, 2.24) is 4.31 Å². The van der Waals surface area contributed by atoms with E-state index in [9.17, 15) is 26.4 Å². The lowest BCUT2D eigenvalue weighted by atomic mass is 10.2. The van der Waals surface area contributed by atoms with Gasteiger partial charge < -0.3 is 10.8 Å². The predicted molar refractivity (Wildman–Crippen MR) is 68.3 cm³/mol. The van der Waals surface area contributed by atoms with Gasteiger partial charge in [-0.1, -0.05) is 0 Å². The number of rotatable bonds is 5. The topological polar surface area (TPSA) is 101 Å². The summed E-state index contributed by atoms with van der Waals surface area (Å²) in [6.07, 6.45) is -5.86. The number of alkyl halides is 3. The quantitative estimate of drug-likeness (QED) is 0.799. The van der Waals surface area contributed by atoms with E-state index in [1.54, 1.807) is 0 Å². The molecule has 6 nitrogen and oxygen atoms in total. The molecule has 0 amide bonds. The molecular formula is C11H13F3N2O4S. The van der Waals surface area contributed by atoms with Crippen LogP contribution in [0.2, 0.25) is 0 Å². The second kappa shape index (κ2) is 5.90. The van der Waals surface area contributed by atoms with Crippen molar-refractivity contribution >= 4 is 21.7 Å². The highest BCUT2D eigenvalue weighted by molar-refractivity contribution is 7.89. The van der Waals surface area contributed by atoms with Crippen LogP contribution in [-0.4, -0.2) is 43.6 Å². The van der Waals surface area contributed by atoms with Crippen molar-refractivity contribution in [3.63, 3.8) is 0 Å². The van der Waals surface area contributed by atoms with Gasteiger partial charge in [0.05, 0.1) is 16.9 Å². The molecule has 3 N–H and O–H groups in total. The molecule has 0 saturated carbocycles. The first kappa shape index (κ1) is 17.2. The molecule has 1 rings (SSSR count). The molecule has 0 atom stereocenters. The Morgan fingerprint density at radius 2 is 1.95 bits per heavy atom. The number of hydrogen-bond acceptors (Lipinski definition) is 4. The van der Waals surface area contributed by atoms with Crippen molar-refractivity contribution in [3.8, 4) is 0 Å². The molecule has 0 aromatic heterocycles. The fraction of sp³-hybridized carbons (Fsp3) is 0.364. The molecule has 0 spiro atoms. The number of anilines is 1. The van der Waals surface area contributed by atoms with Gasteiger partial charge in [-0.15, -0.1) is 0 Å². The lowest BCUT2D eigenvalue weighted by molar-refractivity contribution is -0.135. The smallest absolute Gasteiger partial charge is 0.390 e. The van der Waals surface area contributed by atoms with Crippen LogP contribution in [0.4, 0.5) is 18.9 Å². The molecule has 0 radical (unpaired) electrons. The number of nitrogens with two attached hydrogens (primary N) is 1. The first-order chi connectivity index (χ1) is 9.45. The number of nitrogen functional groups attached to an aromatic ring is 1. The third-order valence-electron chi connectivity index (χ3n) is 2.63. The van der Waals surface area contributed by atoms with Crippen LogP contribution in [0.3, 0.4) is 0 Å². The van der Waals surface area contributed by atoms with E-state index in [2.05, 4.69) is 0 Å². The Morgan fingerprint density at radius 1 is 1.38 bits per heavy atom. The van der Waals surface area contributed by atoms with Crippen LogP contribution in [0.1, 0.15) is 16.8 Å². The number of carbonyl (C=O) groups is 1. The standard InChI is InChI=1S/C11H13F3N2O4S/c1-16(5-4-11(12,13)14)21(19,20)9-6-7(15)2-3-8(9)10(17)18/h2-3,6H,4-5,15H2,1H3,(H,17,18). The van der Waals surface area contributed by atoms with E-state index in [0.717, 1.165) is 19.2 Å². The summed E-state index contributed by atoms with van der Waals surface area (Å²) in [6, 6.07) is 3.09. The molecule has 1 aromatic carbocycles. The van der Waals surface area contributed by atoms with Crippen LogP contribution in [-0.2, 0) is 10.0 Å². The Bertz CT molecular complexity index is 643. The maximum atomic E-state index is 12.2. The van der Waals surface area contributed by atoms with E-state index in [1.807, 2.05) is 0 Å². The van der Waals surface area contributed by atoms with Gasteiger partial charge in [0.25, 0.3) is 0 Å². The normalized spacial score (nSPS) is 12.6. The number of nitrogens with zero attached hydrogens (tertiary/aromatic N) is 1. The molecule has 0 aliphatic heterocycles. The number of carboxylic acids is 1. The lowest BCUT2D eigenvalue weighted by Gasteiger charge is -2.19. The van der Waals surface area contributed by atoms with Gasteiger partial charge in [0, 0.05) is 19.3 Å². The highest BCUT2D eigenvalue weighted by Gasteiger charge is 2.32. The Hall–Kier alpha value is -1.81. The number of sulfonamides is 1. The third-order valence-corrected chi connectivity index (χ3v) is 4.53. The summed E-state index contributed by atoms with van der Waals surface area (Å²) in [7, 11) is -3.45. The summed E-state index contributed by atoms with van der Waals surface area (Å²) in [6.45, 7) is -0.820. The van der Waals surface area contributed by atoms with Crippen LogP contribution in [0.25, 0.3) is 0 Å². The van der Waals surface area contributed by atoms with Gasteiger partial charge in [-0.2, -0.15) is 13.2 Å². The van der Waals surface area contributed by atoms with Crippen LogP contribution < -0.4 is 5.73 Å². The minimum atomic E-state index is -4.52. The largest absolute Gasteiger partial charge is 0.478 e. The Morgan fingerprint density at radius 3 is 2.43 bits per heavy atom. The minimum absolute atomic E-state index is 0.0113. The van der Waals surface area contributed by atoms with Crippen molar-refractivity contribution < 1.29 is 31.5 Å². The SMILES string of the molecule is CN(CCC(F)(F)F)S(=O)(=O)c1cc(N)ccc1C(=O)O.